The molecule has 0 saturated carbocycles. The van der Waals surface area contributed by atoms with Crippen LogP contribution >= 0.6 is 11.3 Å². The van der Waals surface area contributed by atoms with Crippen LogP contribution in [0.4, 0.5) is 0 Å². The first-order valence-corrected chi connectivity index (χ1v) is 7.38. The molecule has 0 aliphatic rings. The summed E-state index contributed by atoms with van der Waals surface area (Å²) in [6.45, 7) is 0. The van der Waals surface area contributed by atoms with Gasteiger partial charge in [-0.15, -0.1) is 11.3 Å². The quantitative estimate of drug-likeness (QED) is 0.638. The predicted molar refractivity (Wildman–Crippen MR) is 71.7 cm³/mol. The molecule has 1 atom stereocenters. The van der Waals surface area contributed by atoms with Gasteiger partial charge in [-0.25, -0.2) is 0 Å². The van der Waals surface area contributed by atoms with Gasteiger partial charge in [0.05, 0.1) is 20.4 Å². The Kier molecular flexibility index (Phi) is 2.30. The second-order valence-electron chi connectivity index (χ2n) is 3.69. The maximum atomic E-state index is 11.7. The standard InChI is InChI=1S/C13H10OS2/c1-16(14)12-8-4-6-10-9-5-2-3-7-11(9)15-13(10)12/h2-8H,1H3. The fourth-order valence-corrected chi connectivity index (χ4v) is 4.18. The van der Waals surface area contributed by atoms with Crippen LogP contribution in [0.15, 0.2) is 47.4 Å². The molecule has 0 aliphatic heterocycles. The van der Waals surface area contributed by atoms with Gasteiger partial charge in [-0.2, -0.15) is 0 Å². The van der Waals surface area contributed by atoms with Crippen molar-refractivity contribution in [2.45, 2.75) is 4.90 Å². The molecule has 0 bridgehead atoms. The molecule has 16 heavy (non-hydrogen) atoms. The third kappa shape index (κ3) is 1.39. The zero-order valence-electron chi connectivity index (χ0n) is 8.77. The van der Waals surface area contributed by atoms with Gasteiger partial charge in [-0.3, -0.25) is 4.21 Å². The van der Waals surface area contributed by atoms with E-state index in [9.17, 15) is 4.21 Å². The molecule has 3 heteroatoms. The van der Waals surface area contributed by atoms with E-state index in [1.807, 2.05) is 24.3 Å². The lowest BCUT2D eigenvalue weighted by molar-refractivity contribution is 0.687. The Hall–Kier alpha value is -1.19. The number of rotatable bonds is 1. The van der Waals surface area contributed by atoms with Crippen molar-refractivity contribution >= 4 is 42.3 Å². The summed E-state index contributed by atoms with van der Waals surface area (Å²) in [6, 6.07) is 14.4. The zero-order valence-corrected chi connectivity index (χ0v) is 10.4. The molecule has 0 radical (unpaired) electrons. The van der Waals surface area contributed by atoms with Crippen molar-refractivity contribution < 1.29 is 4.21 Å². The summed E-state index contributed by atoms with van der Waals surface area (Å²) >= 11 is 1.72. The molecule has 1 nitrogen and oxygen atoms in total. The van der Waals surface area contributed by atoms with E-state index in [2.05, 4.69) is 18.2 Å². The molecule has 1 unspecified atom stereocenters. The summed E-state index contributed by atoms with van der Waals surface area (Å²) in [5.41, 5.74) is 0. The maximum Gasteiger partial charge on any atom is 0.0563 e. The van der Waals surface area contributed by atoms with E-state index in [-0.39, 0.29) is 0 Å². The van der Waals surface area contributed by atoms with Crippen molar-refractivity contribution in [1.82, 2.24) is 0 Å². The molecular weight excluding hydrogens is 236 g/mol. The number of hydrogen-bond donors (Lipinski definition) is 0. The third-order valence-electron chi connectivity index (χ3n) is 2.68. The van der Waals surface area contributed by atoms with Gasteiger partial charge in [-0.1, -0.05) is 30.3 Å². The molecule has 0 fully saturated rings. The second-order valence-corrected chi connectivity index (χ2v) is 6.09. The SMILES string of the molecule is CS(=O)c1cccc2c1sc1ccccc12. The van der Waals surface area contributed by atoms with Crippen LogP contribution < -0.4 is 0 Å². The van der Waals surface area contributed by atoms with E-state index >= 15 is 0 Å². The summed E-state index contributed by atoms with van der Waals surface area (Å²) in [5.74, 6) is 0. The fourth-order valence-electron chi connectivity index (χ4n) is 1.95. The van der Waals surface area contributed by atoms with E-state index in [4.69, 9.17) is 0 Å². The van der Waals surface area contributed by atoms with Crippen LogP contribution in [0.3, 0.4) is 0 Å². The molecule has 0 spiro atoms. The highest BCUT2D eigenvalue weighted by Gasteiger charge is 2.09. The van der Waals surface area contributed by atoms with Gasteiger partial charge in [0, 0.05) is 21.7 Å². The Balaban J connectivity index is 2.54. The monoisotopic (exact) mass is 246 g/mol. The van der Waals surface area contributed by atoms with Crippen LogP contribution in [0.5, 0.6) is 0 Å². The van der Waals surface area contributed by atoms with Gasteiger partial charge in [0.2, 0.25) is 0 Å². The first-order valence-electron chi connectivity index (χ1n) is 5.01. The smallest absolute Gasteiger partial charge is 0.0563 e. The van der Waals surface area contributed by atoms with Crippen LogP contribution in [0.1, 0.15) is 0 Å². The van der Waals surface area contributed by atoms with Gasteiger partial charge < -0.3 is 0 Å². The Labute approximate surface area is 100 Å². The van der Waals surface area contributed by atoms with Crippen LogP contribution in [0.25, 0.3) is 20.2 Å². The molecule has 80 valence electrons. The van der Waals surface area contributed by atoms with Crippen LogP contribution in [-0.2, 0) is 10.8 Å². The second kappa shape index (κ2) is 3.68. The lowest BCUT2D eigenvalue weighted by atomic mass is 10.1. The van der Waals surface area contributed by atoms with Gasteiger partial charge in [0.25, 0.3) is 0 Å². The largest absolute Gasteiger partial charge is 0.255 e. The van der Waals surface area contributed by atoms with Gasteiger partial charge in [-0.05, 0) is 12.1 Å². The summed E-state index contributed by atoms with van der Waals surface area (Å²) in [7, 11) is -0.920. The van der Waals surface area contributed by atoms with E-state index in [0.717, 1.165) is 9.60 Å². The van der Waals surface area contributed by atoms with E-state index in [0.29, 0.717) is 0 Å². The number of hydrogen-bond acceptors (Lipinski definition) is 2. The predicted octanol–water partition coefficient (Wildman–Crippen LogP) is 3.79. The highest BCUT2D eigenvalue weighted by Crippen LogP contribution is 2.36. The average Bonchev–Trinajstić information content (AvgIpc) is 2.67. The number of thiophene rings is 1. The molecule has 0 aliphatic carbocycles. The fraction of sp³-hybridized carbons (Fsp3) is 0.0769. The van der Waals surface area contributed by atoms with E-state index in [1.54, 1.807) is 17.6 Å². The first kappa shape index (κ1) is 10.00. The van der Waals surface area contributed by atoms with Gasteiger partial charge in [0.1, 0.15) is 0 Å². The van der Waals surface area contributed by atoms with Crippen molar-refractivity contribution in [3.8, 4) is 0 Å². The molecule has 3 aromatic rings. The topological polar surface area (TPSA) is 17.1 Å². The average molecular weight is 246 g/mol. The minimum atomic E-state index is -0.920. The summed E-state index contributed by atoms with van der Waals surface area (Å²) in [4.78, 5) is 0.943. The molecule has 3 rings (SSSR count). The third-order valence-corrected chi connectivity index (χ3v) is 4.99. The lowest BCUT2D eigenvalue weighted by Crippen LogP contribution is -1.85. The molecule has 0 saturated heterocycles. The number of benzene rings is 2. The highest BCUT2D eigenvalue weighted by atomic mass is 32.2. The van der Waals surface area contributed by atoms with Gasteiger partial charge >= 0.3 is 0 Å². The Bertz CT molecular complexity index is 697. The minimum Gasteiger partial charge on any atom is -0.255 e. The maximum absolute atomic E-state index is 11.7. The molecular formula is C13H10OS2. The zero-order chi connectivity index (χ0) is 11.1. The summed E-state index contributed by atoms with van der Waals surface area (Å²) < 4.78 is 14.1. The van der Waals surface area contributed by atoms with Crippen molar-refractivity contribution in [2.24, 2.45) is 0 Å². The molecule has 1 aromatic heterocycles. The normalized spacial score (nSPS) is 13.3. The van der Waals surface area contributed by atoms with Crippen molar-refractivity contribution in [3.63, 3.8) is 0 Å². The Morgan fingerprint density at radius 1 is 1.00 bits per heavy atom. The number of fused-ring (bicyclic) bond motifs is 3. The Morgan fingerprint density at radius 2 is 1.75 bits per heavy atom. The molecule has 1 heterocycles. The molecule has 0 N–H and O–H groups in total. The van der Waals surface area contributed by atoms with Crippen molar-refractivity contribution in [1.29, 1.82) is 0 Å². The molecule has 2 aromatic carbocycles. The Morgan fingerprint density at radius 3 is 2.56 bits per heavy atom. The molecule has 0 amide bonds. The lowest BCUT2D eigenvalue weighted by Gasteiger charge is -1.97. The van der Waals surface area contributed by atoms with Crippen molar-refractivity contribution in [2.75, 3.05) is 6.26 Å². The van der Waals surface area contributed by atoms with E-state index in [1.165, 1.54) is 15.5 Å². The minimum absolute atomic E-state index is 0.920. The van der Waals surface area contributed by atoms with Crippen molar-refractivity contribution in [3.05, 3.63) is 42.5 Å². The van der Waals surface area contributed by atoms with Crippen LogP contribution in [-0.4, -0.2) is 10.5 Å². The van der Waals surface area contributed by atoms with Crippen LogP contribution in [0, 0.1) is 0 Å². The van der Waals surface area contributed by atoms with Crippen LogP contribution in [0.2, 0.25) is 0 Å². The van der Waals surface area contributed by atoms with E-state index < -0.39 is 10.8 Å². The van der Waals surface area contributed by atoms with Gasteiger partial charge in [0.15, 0.2) is 0 Å². The summed E-state index contributed by atoms with van der Waals surface area (Å²) in [6.07, 6.45) is 1.74. The summed E-state index contributed by atoms with van der Waals surface area (Å²) in [5, 5.41) is 2.48. The first-order chi connectivity index (χ1) is 7.77. The highest BCUT2D eigenvalue weighted by molar-refractivity contribution is 7.84.